The molecule has 1 amide bonds. The molecule has 0 aliphatic heterocycles. The van der Waals surface area contributed by atoms with E-state index in [1.165, 1.54) is 6.07 Å². The number of anilines is 1. The van der Waals surface area contributed by atoms with Crippen LogP contribution in [-0.4, -0.2) is 12.5 Å². The van der Waals surface area contributed by atoms with Gasteiger partial charge < -0.3 is 10.1 Å². The minimum Gasteiger partial charge on any atom is -0.494 e. The fourth-order valence-electron chi connectivity index (χ4n) is 1.65. The predicted octanol–water partition coefficient (Wildman–Crippen LogP) is 3.62. The van der Waals surface area contributed by atoms with Gasteiger partial charge in [0.15, 0.2) is 0 Å². The predicted molar refractivity (Wildman–Crippen MR) is 71.9 cm³/mol. The van der Waals surface area contributed by atoms with Crippen molar-refractivity contribution in [1.29, 1.82) is 0 Å². The van der Waals surface area contributed by atoms with E-state index in [0.717, 1.165) is 6.07 Å². The van der Waals surface area contributed by atoms with Gasteiger partial charge in [0.05, 0.1) is 12.3 Å². The molecule has 0 radical (unpaired) electrons. The number of ether oxygens (including phenoxy) is 1. The molecule has 5 heteroatoms. The molecule has 0 aromatic heterocycles. The lowest BCUT2D eigenvalue weighted by molar-refractivity contribution is 0.102. The molecular weight excluding hydrogens is 264 g/mol. The van der Waals surface area contributed by atoms with Gasteiger partial charge in [0, 0.05) is 11.6 Å². The summed E-state index contributed by atoms with van der Waals surface area (Å²) >= 11 is 0. The summed E-state index contributed by atoms with van der Waals surface area (Å²) in [4.78, 5) is 11.9. The molecule has 20 heavy (non-hydrogen) atoms. The van der Waals surface area contributed by atoms with Crippen molar-refractivity contribution >= 4 is 11.6 Å². The number of hydrogen-bond donors (Lipinski definition) is 1. The van der Waals surface area contributed by atoms with Crippen LogP contribution < -0.4 is 10.1 Å². The number of rotatable bonds is 4. The number of carbonyl (C=O) groups is 1. The van der Waals surface area contributed by atoms with Crippen LogP contribution in [0.2, 0.25) is 0 Å². The molecule has 0 aliphatic carbocycles. The number of benzene rings is 2. The summed E-state index contributed by atoms with van der Waals surface area (Å²) in [7, 11) is 0. The van der Waals surface area contributed by atoms with Crippen molar-refractivity contribution in [2.24, 2.45) is 0 Å². The molecule has 0 saturated carbocycles. The van der Waals surface area contributed by atoms with Gasteiger partial charge in [0.1, 0.15) is 17.4 Å². The highest BCUT2D eigenvalue weighted by molar-refractivity contribution is 6.04. The van der Waals surface area contributed by atoms with Gasteiger partial charge in [-0.25, -0.2) is 8.78 Å². The Hall–Kier alpha value is -2.43. The maximum Gasteiger partial charge on any atom is 0.255 e. The van der Waals surface area contributed by atoms with Crippen molar-refractivity contribution in [2.45, 2.75) is 6.92 Å². The van der Waals surface area contributed by atoms with Gasteiger partial charge in [-0.05, 0) is 43.3 Å². The molecule has 2 rings (SSSR count). The number of halogens is 2. The van der Waals surface area contributed by atoms with Crippen LogP contribution >= 0.6 is 0 Å². The number of hydrogen-bond acceptors (Lipinski definition) is 2. The van der Waals surface area contributed by atoms with E-state index in [1.807, 2.05) is 6.92 Å². The number of nitrogens with one attached hydrogen (secondary N) is 1. The maximum absolute atomic E-state index is 13.4. The molecule has 2 aromatic carbocycles. The Morgan fingerprint density at radius 1 is 1.15 bits per heavy atom. The first-order valence-electron chi connectivity index (χ1n) is 6.09. The normalized spacial score (nSPS) is 10.2. The SMILES string of the molecule is CCOc1ccc(C(=O)Nc2ccc(F)cc2F)cc1. The van der Waals surface area contributed by atoms with Crippen LogP contribution in [0.4, 0.5) is 14.5 Å². The minimum absolute atomic E-state index is 0.0646. The van der Waals surface area contributed by atoms with Crippen LogP contribution in [0.3, 0.4) is 0 Å². The first-order valence-corrected chi connectivity index (χ1v) is 6.09. The monoisotopic (exact) mass is 277 g/mol. The van der Waals surface area contributed by atoms with Crippen LogP contribution in [0.1, 0.15) is 17.3 Å². The summed E-state index contributed by atoms with van der Waals surface area (Å²) in [5.74, 6) is -1.33. The maximum atomic E-state index is 13.4. The Kier molecular flexibility index (Phi) is 4.30. The summed E-state index contributed by atoms with van der Waals surface area (Å²) in [6, 6.07) is 9.42. The number of carbonyl (C=O) groups excluding carboxylic acids is 1. The molecule has 2 aromatic rings. The van der Waals surface area contributed by atoms with Crippen molar-refractivity contribution in [1.82, 2.24) is 0 Å². The van der Waals surface area contributed by atoms with E-state index in [1.54, 1.807) is 24.3 Å². The Labute approximate surface area is 115 Å². The molecular formula is C15H13F2NO2. The van der Waals surface area contributed by atoms with E-state index in [2.05, 4.69) is 5.32 Å². The average Bonchev–Trinajstić information content (AvgIpc) is 2.43. The van der Waals surface area contributed by atoms with E-state index < -0.39 is 17.5 Å². The lowest BCUT2D eigenvalue weighted by Gasteiger charge is -2.07. The Morgan fingerprint density at radius 3 is 2.45 bits per heavy atom. The van der Waals surface area contributed by atoms with Crippen molar-refractivity contribution in [3.8, 4) is 5.75 Å². The van der Waals surface area contributed by atoms with Crippen molar-refractivity contribution in [2.75, 3.05) is 11.9 Å². The van der Waals surface area contributed by atoms with Gasteiger partial charge in [-0.15, -0.1) is 0 Å². The van der Waals surface area contributed by atoms with Gasteiger partial charge in [-0.2, -0.15) is 0 Å². The van der Waals surface area contributed by atoms with Crippen molar-refractivity contribution in [3.05, 3.63) is 59.7 Å². The summed E-state index contributed by atoms with van der Waals surface area (Å²) in [6.07, 6.45) is 0. The van der Waals surface area contributed by atoms with E-state index in [-0.39, 0.29) is 5.69 Å². The molecule has 0 heterocycles. The molecule has 104 valence electrons. The number of amides is 1. The second-order valence-electron chi connectivity index (χ2n) is 4.04. The largest absolute Gasteiger partial charge is 0.494 e. The second kappa shape index (κ2) is 6.14. The molecule has 1 N–H and O–H groups in total. The van der Waals surface area contributed by atoms with Crippen molar-refractivity contribution in [3.63, 3.8) is 0 Å². The lowest BCUT2D eigenvalue weighted by Crippen LogP contribution is -2.13. The van der Waals surface area contributed by atoms with Crippen LogP contribution in [-0.2, 0) is 0 Å². The molecule has 0 fully saturated rings. The molecule has 0 aliphatic rings. The minimum atomic E-state index is -0.815. The van der Waals surface area contributed by atoms with Gasteiger partial charge in [0.2, 0.25) is 0 Å². The highest BCUT2D eigenvalue weighted by Gasteiger charge is 2.10. The van der Waals surface area contributed by atoms with Crippen LogP contribution in [0.15, 0.2) is 42.5 Å². The molecule has 0 saturated heterocycles. The summed E-state index contributed by atoms with van der Waals surface area (Å²) in [6.45, 7) is 2.39. The Bertz CT molecular complexity index is 612. The van der Waals surface area contributed by atoms with Crippen LogP contribution in [0.5, 0.6) is 5.75 Å². The molecule has 0 atom stereocenters. The Morgan fingerprint density at radius 2 is 1.85 bits per heavy atom. The lowest BCUT2D eigenvalue weighted by atomic mass is 10.2. The third-order valence-electron chi connectivity index (χ3n) is 2.61. The molecule has 0 spiro atoms. The van der Waals surface area contributed by atoms with Gasteiger partial charge in [-0.1, -0.05) is 0 Å². The highest BCUT2D eigenvalue weighted by atomic mass is 19.1. The standard InChI is InChI=1S/C15H13F2NO2/c1-2-20-12-6-3-10(4-7-12)15(19)18-14-8-5-11(16)9-13(14)17/h3-9H,2H2,1H3,(H,18,19). The molecule has 0 bridgehead atoms. The second-order valence-corrected chi connectivity index (χ2v) is 4.04. The van der Waals surface area contributed by atoms with Crippen LogP contribution in [0, 0.1) is 11.6 Å². The Balaban J connectivity index is 2.11. The zero-order valence-corrected chi connectivity index (χ0v) is 10.8. The van der Waals surface area contributed by atoms with Crippen molar-refractivity contribution < 1.29 is 18.3 Å². The topological polar surface area (TPSA) is 38.3 Å². The fourth-order valence-corrected chi connectivity index (χ4v) is 1.65. The van der Waals surface area contributed by atoms with Gasteiger partial charge in [0.25, 0.3) is 5.91 Å². The molecule has 0 unspecified atom stereocenters. The summed E-state index contributed by atoms with van der Waals surface area (Å²) in [5.41, 5.74) is 0.294. The zero-order valence-electron chi connectivity index (χ0n) is 10.8. The third kappa shape index (κ3) is 3.32. The van der Waals surface area contributed by atoms with E-state index >= 15 is 0 Å². The molecule has 3 nitrogen and oxygen atoms in total. The van der Waals surface area contributed by atoms with E-state index in [9.17, 15) is 13.6 Å². The van der Waals surface area contributed by atoms with E-state index in [0.29, 0.717) is 24.0 Å². The fraction of sp³-hybridized carbons (Fsp3) is 0.133. The highest BCUT2D eigenvalue weighted by Crippen LogP contribution is 2.17. The third-order valence-corrected chi connectivity index (χ3v) is 2.61. The quantitative estimate of drug-likeness (QED) is 0.927. The van der Waals surface area contributed by atoms with Crippen LogP contribution in [0.25, 0.3) is 0 Å². The van der Waals surface area contributed by atoms with E-state index in [4.69, 9.17) is 4.74 Å². The first-order chi connectivity index (χ1) is 9.60. The average molecular weight is 277 g/mol. The van der Waals surface area contributed by atoms with Gasteiger partial charge >= 0.3 is 0 Å². The summed E-state index contributed by atoms with van der Waals surface area (Å²) < 4.78 is 31.4. The first kappa shape index (κ1) is 14.0. The van der Waals surface area contributed by atoms with Gasteiger partial charge in [-0.3, -0.25) is 4.79 Å². The summed E-state index contributed by atoms with van der Waals surface area (Å²) in [5, 5.41) is 2.38. The smallest absolute Gasteiger partial charge is 0.255 e. The zero-order chi connectivity index (χ0) is 14.5.